The number of piperazine rings is 1. The number of nitrogens with one attached hydrogen (secondary N) is 1. The summed E-state index contributed by atoms with van der Waals surface area (Å²) >= 11 is 0. The van der Waals surface area contributed by atoms with Gasteiger partial charge in [0.2, 0.25) is 0 Å². The molecule has 0 aliphatic carbocycles. The highest BCUT2D eigenvalue weighted by molar-refractivity contribution is 5.56. The summed E-state index contributed by atoms with van der Waals surface area (Å²) in [4.78, 5) is 5.32. The van der Waals surface area contributed by atoms with Crippen LogP contribution in [0.25, 0.3) is 0 Å². The first-order chi connectivity index (χ1) is 9.69. The van der Waals surface area contributed by atoms with E-state index in [9.17, 15) is 0 Å². The number of benzene rings is 1. The highest BCUT2D eigenvalue weighted by atomic mass is 15.3. The minimum atomic E-state index is 0.623. The fraction of sp³-hybridized carbons (Fsp3) is 0.647. The number of hydrogen-bond acceptors (Lipinski definition) is 3. The molecule has 2 heterocycles. The largest absolute Gasteiger partial charge is 0.366 e. The van der Waals surface area contributed by atoms with Gasteiger partial charge in [0.25, 0.3) is 0 Å². The van der Waals surface area contributed by atoms with E-state index in [2.05, 4.69) is 47.2 Å². The molecule has 3 nitrogen and oxygen atoms in total. The molecule has 0 amide bonds. The second-order valence-electron chi connectivity index (χ2n) is 6.44. The number of aryl methyl sites for hydroxylation is 1. The first-order valence-corrected chi connectivity index (χ1v) is 7.94. The Kier molecular flexibility index (Phi) is 3.99. The quantitative estimate of drug-likeness (QED) is 0.912. The maximum Gasteiger partial charge on any atom is 0.0399 e. The Balaban J connectivity index is 1.81. The van der Waals surface area contributed by atoms with Gasteiger partial charge in [-0.15, -0.1) is 0 Å². The predicted molar refractivity (Wildman–Crippen MR) is 85.3 cm³/mol. The van der Waals surface area contributed by atoms with Gasteiger partial charge in [0.15, 0.2) is 0 Å². The molecule has 0 bridgehead atoms. The van der Waals surface area contributed by atoms with E-state index in [1.807, 2.05) is 7.05 Å². The average molecular weight is 273 g/mol. The van der Waals surface area contributed by atoms with Gasteiger partial charge >= 0.3 is 0 Å². The van der Waals surface area contributed by atoms with E-state index in [-0.39, 0.29) is 0 Å². The molecule has 3 heteroatoms. The van der Waals surface area contributed by atoms with Crippen molar-refractivity contribution in [2.24, 2.45) is 0 Å². The fourth-order valence-corrected chi connectivity index (χ4v) is 3.88. The van der Waals surface area contributed by atoms with Crippen LogP contribution < -0.4 is 10.2 Å². The Morgan fingerprint density at radius 3 is 2.90 bits per heavy atom. The Hall–Kier alpha value is -1.06. The van der Waals surface area contributed by atoms with Crippen molar-refractivity contribution in [3.63, 3.8) is 0 Å². The van der Waals surface area contributed by atoms with E-state index in [0.717, 1.165) is 12.6 Å². The topological polar surface area (TPSA) is 18.5 Å². The SMILES string of the molecule is CNCc1ccc(N2CC3CCCN3CC2C)c(C)c1. The first-order valence-electron chi connectivity index (χ1n) is 7.94. The smallest absolute Gasteiger partial charge is 0.0399 e. The molecule has 20 heavy (non-hydrogen) atoms. The highest BCUT2D eigenvalue weighted by Crippen LogP contribution is 2.30. The molecule has 2 unspecified atom stereocenters. The number of nitrogens with zero attached hydrogens (tertiary/aromatic N) is 2. The summed E-state index contributed by atoms with van der Waals surface area (Å²) in [5.74, 6) is 0. The molecule has 0 aromatic heterocycles. The number of fused-ring (bicyclic) bond motifs is 1. The zero-order chi connectivity index (χ0) is 14.1. The lowest BCUT2D eigenvalue weighted by Crippen LogP contribution is -2.55. The molecule has 2 aliphatic heterocycles. The van der Waals surface area contributed by atoms with Crippen molar-refractivity contribution in [3.05, 3.63) is 29.3 Å². The average Bonchev–Trinajstić information content (AvgIpc) is 2.86. The monoisotopic (exact) mass is 273 g/mol. The van der Waals surface area contributed by atoms with Gasteiger partial charge in [0, 0.05) is 37.4 Å². The van der Waals surface area contributed by atoms with Crippen molar-refractivity contribution in [2.45, 2.75) is 45.3 Å². The molecule has 0 saturated carbocycles. The van der Waals surface area contributed by atoms with E-state index >= 15 is 0 Å². The molecule has 0 spiro atoms. The van der Waals surface area contributed by atoms with Crippen LogP contribution in [0.2, 0.25) is 0 Å². The summed E-state index contributed by atoms with van der Waals surface area (Å²) < 4.78 is 0. The lowest BCUT2D eigenvalue weighted by molar-refractivity contribution is 0.203. The third-order valence-electron chi connectivity index (χ3n) is 4.89. The Labute approximate surface area is 123 Å². The van der Waals surface area contributed by atoms with Crippen LogP contribution in [0.1, 0.15) is 30.9 Å². The van der Waals surface area contributed by atoms with Gasteiger partial charge in [-0.05, 0) is 57.5 Å². The minimum absolute atomic E-state index is 0.623. The maximum atomic E-state index is 3.23. The van der Waals surface area contributed by atoms with E-state index in [1.165, 1.54) is 49.3 Å². The predicted octanol–water partition coefficient (Wildman–Crippen LogP) is 2.39. The van der Waals surface area contributed by atoms with Crippen LogP contribution in [0.5, 0.6) is 0 Å². The third kappa shape index (κ3) is 2.57. The summed E-state index contributed by atoms with van der Waals surface area (Å²) in [6, 6.07) is 8.33. The summed E-state index contributed by atoms with van der Waals surface area (Å²) in [5, 5.41) is 3.23. The molecule has 2 saturated heterocycles. The molecule has 0 radical (unpaired) electrons. The van der Waals surface area contributed by atoms with Crippen molar-refractivity contribution in [2.75, 3.05) is 31.6 Å². The Morgan fingerprint density at radius 1 is 1.30 bits per heavy atom. The van der Waals surface area contributed by atoms with E-state index in [0.29, 0.717) is 6.04 Å². The van der Waals surface area contributed by atoms with Crippen molar-refractivity contribution in [1.29, 1.82) is 0 Å². The lowest BCUT2D eigenvalue weighted by Gasteiger charge is -2.44. The summed E-state index contributed by atoms with van der Waals surface area (Å²) in [5.41, 5.74) is 4.22. The zero-order valence-electron chi connectivity index (χ0n) is 13.0. The van der Waals surface area contributed by atoms with Gasteiger partial charge in [-0.2, -0.15) is 0 Å². The molecule has 110 valence electrons. The van der Waals surface area contributed by atoms with Gasteiger partial charge in [-0.25, -0.2) is 0 Å². The number of hydrogen-bond donors (Lipinski definition) is 1. The minimum Gasteiger partial charge on any atom is -0.366 e. The normalized spacial score (nSPS) is 26.9. The van der Waals surface area contributed by atoms with Crippen LogP contribution in [-0.4, -0.2) is 43.7 Å². The molecule has 2 fully saturated rings. The Morgan fingerprint density at radius 2 is 2.15 bits per heavy atom. The standard InChI is InChI=1S/C17H27N3/c1-13-9-15(10-18-3)6-7-17(13)20-12-16-5-4-8-19(16)11-14(20)2/h6-7,9,14,16,18H,4-5,8,10-12H2,1-3H3. The summed E-state index contributed by atoms with van der Waals surface area (Å²) in [6.45, 7) is 9.31. The van der Waals surface area contributed by atoms with Crippen LogP contribution in [0.15, 0.2) is 18.2 Å². The second-order valence-corrected chi connectivity index (χ2v) is 6.44. The first kappa shape index (κ1) is 13.9. The van der Waals surface area contributed by atoms with Crippen LogP contribution in [0.3, 0.4) is 0 Å². The lowest BCUT2D eigenvalue weighted by atomic mass is 10.0. The summed E-state index contributed by atoms with van der Waals surface area (Å²) in [7, 11) is 2.00. The molecule has 1 aromatic rings. The maximum absolute atomic E-state index is 3.23. The van der Waals surface area contributed by atoms with Crippen LogP contribution in [0, 0.1) is 6.92 Å². The van der Waals surface area contributed by atoms with Crippen LogP contribution in [-0.2, 0) is 6.54 Å². The van der Waals surface area contributed by atoms with Crippen molar-refractivity contribution in [1.82, 2.24) is 10.2 Å². The molecule has 2 aliphatic rings. The third-order valence-corrected chi connectivity index (χ3v) is 4.89. The molecule has 1 N–H and O–H groups in total. The highest BCUT2D eigenvalue weighted by Gasteiger charge is 2.34. The van der Waals surface area contributed by atoms with E-state index < -0.39 is 0 Å². The van der Waals surface area contributed by atoms with Gasteiger partial charge in [0.1, 0.15) is 0 Å². The fourth-order valence-electron chi connectivity index (χ4n) is 3.88. The van der Waals surface area contributed by atoms with Crippen molar-refractivity contribution >= 4 is 5.69 Å². The molecule has 1 aromatic carbocycles. The van der Waals surface area contributed by atoms with Crippen LogP contribution >= 0.6 is 0 Å². The van der Waals surface area contributed by atoms with Crippen LogP contribution in [0.4, 0.5) is 5.69 Å². The number of rotatable bonds is 3. The van der Waals surface area contributed by atoms with Gasteiger partial charge < -0.3 is 10.2 Å². The molecular formula is C17H27N3. The van der Waals surface area contributed by atoms with Gasteiger partial charge in [-0.3, -0.25) is 4.90 Å². The van der Waals surface area contributed by atoms with E-state index in [4.69, 9.17) is 0 Å². The van der Waals surface area contributed by atoms with Gasteiger partial charge in [0.05, 0.1) is 0 Å². The van der Waals surface area contributed by atoms with Gasteiger partial charge in [-0.1, -0.05) is 12.1 Å². The number of anilines is 1. The molecule has 2 atom stereocenters. The molecule has 3 rings (SSSR count). The molecular weight excluding hydrogens is 246 g/mol. The Bertz CT molecular complexity index is 471. The van der Waals surface area contributed by atoms with E-state index in [1.54, 1.807) is 0 Å². The second kappa shape index (κ2) is 5.74. The van der Waals surface area contributed by atoms with Crippen molar-refractivity contribution < 1.29 is 0 Å². The van der Waals surface area contributed by atoms with Crippen molar-refractivity contribution in [3.8, 4) is 0 Å². The summed E-state index contributed by atoms with van der Waals surface area (Å²) in [6.07, 6.45) is 2.76. The zero-order valence-corrected chi connectivity index (χ0v) is 13.0.